The Hall–Kier alpha value is -2.66. The van der Waals surface area contributed by atoms with Crippen LogP contribution in [0.1, 0.15) is 11.5 Å². The number of nitrogens with zero attached hydrogens (tertiary/aromatic N) is 3. The van der Waals surface area contributed by atoms with Crippen LogP contribution in [0.5, 0.6) is 0 Å². The lowest BCUT2D eigenvalue weighted by Crippen LogP contribution is -2.02. The number of benzene rings is 1. The molecule has 0 radical (unpaired) electrons. The van der Waals surface area contributed by atoms with Gasteiger partial charge >= 0.3 is 0 Å². The Bertz CT molecular complexity index is 907. The summed E-state index contributed by atoms with van der Waals surface area (Å²) < 4.78 is 7.68. The van der Waals surface area contributed by atoms with E-state index in [1.165, 1.54) is 0 Å². The maximum absolute atomic E-state index is 5.78. The standard InChI is InChI=1S/C18H15N3OS/c1-13-16(19-18(22-13)17-8-5-11-23-17)12-21-10-9-15(20-21)14-6-3-2-4-7-14/h2-11H,12H2,1H3. The van der Waals surface area contributed by atoms with E-state index in [-0.39, 0.29) is 0 Å². The predicted molar refractivity (Wildman–Crippen MR) is 91.3 cm³/mol. The molecule has 4 aromatic rings. The number of aryl methyl sites for hydroxylation is 1. The molecule has 0 atom stereocenters. The number of hydrogen-bond acceptors (Lipinski definition) is 4. The van der Waals surface area contributed by atoms with E-state index in [1.807, 2.05) is 59.6 Å². The third kappa shape index (κ3) is 2.83. The van der Waals surface area contributed by atoms with Crippen LogP contribution in [0.15, 0.2) is 64.5 Å². The minimum Gasteiger partial charge on any atom is -0.440 e. The molecule has 0 fully saturated rings. The molecule has 0 amide bonds. The van der Waals surface area contributed by atoms with Gasteiger partial charge in [0.1, 0.15) is 11.5 Å². The van der Waals surface area contributed by atoms with Gasteiger partial charge in [0.25, 0.3) is 0 Å². The van der Waals surface area contributed by atoms with E-state index in [0.717, 1.165) is 27.6 Å². The summed E-state index contributed by atoms with van der Waals surface area (Å²) in [5, 5.41) is 6.65. The van der Waals surface area contributed by atoms with Crippen LogP contribution in [0.3, 0.4) is 0 Å². The molecule has 0 saturated carbocycles. The third-order valence-electron chi connectivity index (χ3n) is 3.65. The highest BCUT2D eigenvalue weighted by molar-refractivity contribution is 7.13. The first-order valence-electron chi connectivity index (χ1n) is 7.38. The topological polar surface area (TPSA) is 43.9 Å². The summed E-state index contributed by atoms with van der Waals surface area (Å²) in [4.78, 5) is 5.66. The largest absolute Gasteiger partial charge is 0.440 e. The third-order valence-corrected chi connectivity index (χ3v) is 4.50. The summed E-state index contributed by atoms with van der Waals surface area (Å²) in [7, 11) is 0. The summed E-state index contributed by atoms with van der Waals surface area (Å²) in [5.41, 5.74) is 2.99. The summed E-state index contributed by atoms with van der Waals surface area (Å²) in [6, 6.07) is 16.2. The number of rotatable bonds is 4. The van der Waals surface area contributed by atoms with Crippen LogP contribution in [0, 0.1) is 6.92 Å². The van der Waals surface area contributed by atoms with Gasteiger partial charge in [-0.15, -0.1) is 11.3 Å². The molecule has 0 bridgehead atoms. The average molecular weight is 321 g/mol. The molecule has 0 aliphatic rings. The maximum atomic E-state index is 5.78. The molecule has 0 N–H and O–H groups in total. The van der Waals surface area contributed by atoms with E-state index in [2.05, 4.69) is 22.2 Å². The van der Waals surface area contributed by atoms with E-state index in [9.17, 15) is 0 Å². The average Bonchev–Trinajstić information content (AvgIpc) is 3.31. The van der Waals surface area contributed by atoms with Gasteiger partial charge in [0.2, 0.25) is 5.89 Å². The lowest BCUT2D eigenvalue weighted by atomic mass is 10.2. The molecule has 3 heterocycles. The highest BCUT2D eigenvalue weighted by atomic mass is 32.1. The quantitative estimate of drug-likeness (QED) is 0.551. The van der Waals surface area contributed by atoms with Crippen molar-refractivity contribution in [1.82, 2.24) is 14.8 Å². The van der Waals surface area contributed by atoms with Crippen LogP contribution >= 0.6 is 11.3 Å². The number of thiophene rings is 1. The van der Waals surface area contributed by atoms with Gasteiger partial charge < -0.3 is 4.42 Å². The Morgan fingerprint density at radius 3 is 2.74 bits per heavy atom. The molecule has 4 rings (SSSR count). The Labute approximate surface area is 138 Å². The minimum absolute atomic E-state index is 0.605. The summed E-state index contributed by atoms with van der Waals surface area (Å²) in [6.45, 7) is 2.55. The fourth-order valence-corrected chi connectivity index (χ4v) is 3.10. The van der Waals surface area contributed by atoms with E-state index < -0.39 is 0 Å². The summed E-state index contributed by atoms with van der Waals surface area (Å²) in [5.74, 6) is 1.52. The second kappa shape index (κ2) is 5.85. The maximum Gasteiger partial charge on any atom is 0.236 e. The van der Waals surface area contributed by atoms with Crippen LogP contribution in [-0.4, -0.2) is 14.8 Å². The molecule has 114 valence electrons. The van der Waals surface area contributed by atoms with Gasteiger partial charge in [0.05, 0.1) is 17.1 Å². The molecule has 0 spiro atoms. The monoisotopic (exact) mass is 321 g/mol. The van der Waals surface area contributed by atoms with Crippen molar-refractivity contribution in [2.75, 3.05) is 0 Å². The van der Waals surface area contributed by atoms with Crippen molar-refractivity contribution >= 4 is 11.3 Å². The molecular formula is C18H15N3OS. The summed E-state index contributed by atoms with van der Waals surface area (Å²) >= 11 is 1.63. The van der Waals surface area contributed by atoms with Gasteiger partial charge in [-0.05, 0) is 24.4 Å². The lowest BCUT2D eigenvalue weighted by molar-refractivity contribution is 0.537. The van der Waals surface area contributed by atoms with Crippen molar-refractivity contribution in [2.45, 2.75) is 13.5 Å². The van der Waals surface area contributed by atoms with Crippen LogP contribution < -0.4 is 0 Å². The van der Waals surface area contributed by atoms with Crippen molar-refractivity contribution in [3.8, 4) is 22.0 Å². The van der Waals surface area contributed by atoms with Crippen molar-refractivity contribution < 1.29 is 4.42 Å². The van der Waals surface area contributed by atoms with Gasteiger partial charge in [-0.2, -0.15) is 5.10 Å². The summed E-state index contributed by atoms with van der Waals surface area (Å²) in [6.07, 6.45) is 1.97. The first-order valence-corrected chi connectivity index (χ1v) is 8.26. The van der Waals surface area contributed by atoms with E-state index in [0.29, 0.717) is 12.4 Å². The molecule has 3 aromatic heterocycles. The lowest BCUT2D eigenvalue weighted by Gasteiger charge is -1.99. The Balaban J connectivity index is 1.58. The van der Waals surface area contributed by atoms with Crippen LogP contribution in [-0.2, 0) is 6.54 Å². The SMILES string of the molecule is Cc1oc(-c2cccs2)nc1Cn1ccc(-c2ccccc2)n1. The van der Waals surface area contributed by atoms with E-state index in [1.54, 1.807) is 11.3 Å². The molecular weight excluding hydrogens is 306 g/mol. The first-order chi connectivity index (χ1) is 11.3. The molecule has 5 heteroatoms. The van der Waals surface area contributed by atoms with Crippen molar-refractivity contribution in [2.24, 2.45) is 0 Å². The van der Waals surface area contributed by atoms with Crippen LogP contribution in [0.4, 0.5) is 0 Å². The number of hydrogen-bond donors (Lipinski definition) is 0. The van der Waals surface area contributed by atoms with E-state index in [4.69, 9.17) is 4.42 Å². The molecule has 0 aliphatic heterocycles. The molecule has 1 aromatic carbocycles. The van der Waals surface area contributed by atoms with Gasteiger partial charge in [0.15, 0.2) is 0 Å². The molecule has 4 nitrogen and oxygen atoms in total. The Kier molecular flexibility index (Phi) is 3.55. The highest BCUT2D eigenvalue weighted by Gasteiger charge is 2.13. The molecule has 0 saturated heterocycles. The zero-order chi connectivity index (χ0) is 15.6. The fraction of sp³-hybridized carbons (Fsp3) is 0.111. The van der Waals surface area contributed by atoms with Gasteiger partial charge in [-0.25, -0.2) is 4.98 Å². The van der Waals surface area contributed by atoms with Crippen LogP contribution in [0.25, 0.3) is 22.0 Å². The van der Waals surface area contributed by atoms with E-state index >= 15 is 0 Å². The number of aromatic nitrogens is 3. The Morgan fingerprint density at radius 1 is 1.09 bits per heavy atom. The second-order valence-electron chi connectivity index (χ2n) is 5.26. The fourth-order valence-electron chi connectivity index (χ4n) is 2.45. The molecule has 0 unspecified atom stereocenters. The zero-order valence-electron chi connectivity index (χ0n) is 12.6. The first kappa shape index (κ1) is 14.0. The van der Waals surface area contributed by atoms with Crippen molar-refractivity contribution in [3.63, 3.8) is 0 Å². The van der Waals surface area contributed by atoms with Crippen molar-refractivity contribution in [1.29, 1.82) is 0 Å². The minimum atomic E-state index is 0.605. The molecule has 23 heavy (non-hydrogen) atoms. The Morgan fingerprint density at radius 2 is 1.96 bits per heavy atom. The normalized spacial score (nSPS) is 11.0. The molecule has 0 aliphatic carbocycles. The highest BCUT2D eigenvalue weighted by Crippen LogP contribution is 2.26. The second-order valence-corrected chi connectivity index (χ2v) is 6.21. The van der Waals surface area contributed by atoms with Crippen LogP contribution in [0.2, 0.25) is 0 Å². The van der Waals surface area contributed by atoms with Gasteiger partial charge in [-0.3, -0.25) is 4.68 Å². The van der Waals surface area contributed by atoms with Gasteiger partial charge in [-0.1, -0.05) is 36.4 Å². The number of oxazole rings is 1. The van der Waals surface area contributed by atoms with Crippen molar-refractivity contribution in [3.05, 3.63) is 71.6 Å². The zero-order valence-corrected chi connectivity index (χ0v) is 13.5. The smallest absolute Gasteiger partial charge is 0.236 e. The predicted octanol–water partition coefficient (Wildman–Crippen LogP) is 4.62. The van der Waals surface area contributed by atoms with Gasteiger partial charge in [0, 0.05) is 11.8 Å².